The highest BCUT2D eigenvalue weighted by Crippen LogP contribution is 2.27. The number of aliphatic imine (C=N–C) groups is 1. The van der Waals surface area contributed by atoms with Crippen LogP contribution in [0, 0.1) is 5.82 Å². The average Bonchev–Trinajstić information content (AvgIpc) is 3.00. The molecule has 1 amide bonds. The zero-order valence-corrected chi connectivity index (χ0v) is 14.6. The molecule has 0 fully saturated rings. The van der Waals surface area contributed by atoms with E-state index in [9.17, 15) is 9.18 Å². The van der Waals surface area contributed by atoms with Gasteiger partial charge in [0.15, 0.2) is 0 Å². The van der Waals surface area contributed by atoms with Crippen LogP contribution in [0.4, 0.5) is 4.39 Å². The molecule has 6 heteroatoms. The summed E-state index contributed by atoms with van der Waals surface area (Å²) in [6.45, 7) is 0. The van der Waals surface area contributed by atoms with Gasteiger partial charge in [-0.25, -0.2) is 9.38 Å². The van der Waals surface area contributed by atoms with Gasteiger partial charge in [-0.1, -0.05) is 12.1 Å². The fourth-order valence-corrected chi connectivity index (χ4v) is 2.68. The van der Waals surface area contributed by atoms with Gasteiger partial charge in [0.2, 0.25) is 0 Å². The van der Waals surface area contributed by atoms with Crippen molar-refractivity contribution < 1.29 is 18.7 Å². The van der Waals surface area contributed by atoms with Crippen LogP contribution in [-0.2, 0) is 11.2 Å². The number of aryl methyl sites for hydroxylation is 1. The van der Waals surface area contributed by atoms with Gasteiger partial charge in [0.1, 0.15) is 28.8 Å². The monoisotopic (exact) mass is 354 g/mol. The van der Waals surface area contributed by atoms with Crippen molar-refractivity contribution in [2.45, 2.75) is 12.8 Å². The minimum atomic E-state index is -0.271. The third-order valence-electron chi connectivity index (χ3n) is 4.02. The molecule has 1 aliphatic rings. The number of nitrogens with one attached hydrogen (secondary N) is 1. The molecule has 0 bridgehead atoms. The van der Waals surface area contributed by atoms with E-state index in [2.05, 4.69) is 10.3 Å². The summed E-state index contributed by atoms with van der Waals surface area (Å²) in [5.74, 6) is 1.29. The molecule has 1 N–H and O–H groups in total. The second-order valence-electron chi connectivity index (χ2n) is 5.78. The van der Waals surface area contributed by atoms with Gasteiger partial charge in [0, 0.05) is 18.1 Å². The summed E-state index contributed by atoms with van der Waals surface area (Å²) in [7, 11) is 3.13. The van der Waals surface area contributed by atoms with Gasteiger partial charge in [0.05, 0.1) is 14.2 Å². The Balaban J connectivity index is 1.76. The van der Waals surface area contributed by atoms with E-state index < -0.39 is 0 Å². The zero-order valence-electron chi connectivity index (χ0n) is 14.6. The molecule has 0 aromatic heterocycles. The van der Waals surface area contributed by atoms with E-state index in [1.165, 1.54) is 12.1 Å². The zero-order chi connectivity index (χ0) is 18.5. The second kappa shape index (κ2) is 7.82. The van der Waals surface area contributed by atoms with Gasteiger partial charge in [-0.15, -0.1) is 0 Å². The molecule has 0 aliphatic carbocycles. The van der Waals surface area contributed by atoms with E-state index in [-0.39, 0.29) is 11.7 Å². The highest BCUT2D eigenvalue weighted by Gasteiger charge is 2.20. The van der Waals surface area contributed by atoms with Crippen LogP contribution in [0.5, 0.6) is 11.5 Å². The summed E-state index contributed by atoms with van der Waals surface area (Å²) in [6, 6.07) is 11.7. The molecule has 0 radical (unpaired) electrons. The highest BCUT2D eigenvalue weighted by atomic mass is 19.1. The molecule has 2 aromatic carbocycles. The van der Waals surface area contributed by atoms with Crippen LogP contribution in [0.3, 0.4) is 0 Å². The second-order valence-corrected chi connectivity index (χ2v) is 5.78. The maximum absolute atomic E-state index is 13.2. The van der Waals surface area contributed by atoms with Gasteiger partial charge >= 0.3 is 0 Å². The Labute approximate surface area is 151 Å². The Morgan fingerprint density at radius 1 is 1.12 bits per heavy atom. The first-order valence-corrected chi connectivity index (χ1v) is 8.16. The molecule has 0 atom stereocenters. The number of carbonyl (C=O) groups is 1. The minimum Gasteiger partial charge on any atom is -0.497 e. The van der Waals surface area contributed by atoms with Crippen molar-refractivity contribution in [3.63, 3.8) is 0 Å². The van der Waals surface area contributed by atoms with Gasteiger partial charge in [-0.05, 0) is 42.3 Å². The Bertz CT molecular complexity index is 890. The summed E-state index contributed by atoms with van der Waals surface area (Å²) >= 11 is 0. The Kier molecular flexibility index (Phi) is 5.31. The van der Waals surface area contributed by atoms with Gasteiger partial charge < -0.3 is 14.8 Å². The summed E-state index contributed by atoms with van der Waals surface area (Å²) in [5.41, 5.74) is 1.90. The lowest BCUT2D eigenvalue weighted by molar-refractivity contribution is -0.115. The average molecular weight is 354 g/mol. The minimum absolute atomic E-state index is 0.267. The molecule has 26 heavy (non-hydrogen) atoms. The van der Waals surface area contributed by atoms with Crippen LogP contribution in [0.25, 0.3) is 6.08 Å². The van der Waals surface area contributed by atoms with Crippen LogP contribution in [0.1, 0.15) is 17.5 Å². The number of rotatable bonds is 6. The van der Waals surface area contributed by atoms with Gasteiger partial charge in [-0.2, -0.15) is 0 Å². The maximum atomic E-state index is 13.2. The predicted molar refractivity (Wildman–Crippen MR) is 97.8 cm³/mol. The molecule has 1 heterocycles. The number of hydrogen-bond donors (Lipinski definition) is 1. The first-order valence-electron chi connectivity index (χ1n) is 8.16. The normalized spacial score (nSPS) is 15.0. The molecule has 0 spiro atoms. The Hall–Kier alpha value is -3.15. The number of carbonyl (C=O) groups excluding carboxylic acids is 1. The quantitative estimate of drug-likeness (QED) is 0.810. The number of nitrogens with zero attached hydrogens (tertiary/aromatic N) is 1. The summed E-state index contributed by atoms with van der Waals surface area (Å²) in [5, 5.41) is 2.75. The van der Waals surface area contributed by atoms with E-state index in [1.54, 1.807) is 44.6 Å². The highest BCUT2D eigenvalue weighted by molar-refractivity contribution is 6.14. The van der Waals surface area contributed by atoms with Crippen LogP contribution >= 0.6 is 0 Å². The molecular formula is C20H19FN2O3. The molecule has 3 rings (SSSR count). The largest absolute Gasteiger partial charge is 0.497 e. The van der Waals surface area contributed by atoms with Crippen molar-refractivity contribution in [3.05, 3.63) is 65.1 Å². The van der Waals surface area contributed by atoms with Crippen LogP contribution < -0.4 is 14.8 Å². The third kappa shape index (κ3) is 4.08. The van der Waals surface area contributed by atoms with Crippen molar-refractivity contribution in [3.8, 4) is 11.5 Å². The summed E-state index contributed by atoms with van der Waals surface area (Å²) < 4.78 is 23.7. The third-order valence-corrected chi connectivity index (χ3v) is 4.02. The molecule has 0 saturated carbocycles. The molecule has 5 nitrogen and oxygen atoms in total. The first kappa shape index (κ1) is 17.7. The molecule has 0 unspecified atom stereocenters. The molecular weight excluding hydrogens is 335 g/mol. The lowest BCUT2D eigenvalue weighted by Crippen LogP contribution is -2.24. The van der Waals surface area contributed by atoms with Crippen molar-refractivity contribution in [2.24, 2.45) is 4.99 Å². The van der Waals surface area contributed by atoms with E-state index in [1.807, 2.05) is 6.07 Å². The first-order chi connectivity index (χ1) is 12.6. The number of benzene rings is 2. The standard InChI is InChI=1S/C20H19FN2O3/c1-25-16-8-7-14(18(12-16)26-2)11-17-20(24)23-19(22-17)9-6-13-4-3-5-15(21)10-13/h3-5,7-8,10-12H,6,9H2,1-2H3,(H,22,23,24)/b17-11+. The predicted octanol–water partition coefficient (Wildman–Crippen LogP) is 3.34. The van der Waals surface area contributed by atoms with Crippen molar-refractivity contribution in [2.75, 3.05) is 14.2 Å². The smallest absolute Gasteiger partial charge is 0.275 e. The summed E-state index contributed by atoms with van der Waals surface area (Å²) in [4.78, 5) is 16.5. The summed E-state index contributed by atoms with van der Waals surface area (Å²) in [6.07, 6.45) is 2.78. The van der Waals surface area contributed by atoms with E-state index in [0.29, 0.717) is 35.9 Å². The number of ether oxygens (including phenoxy) is 2. The lowest BCUT2D eigenvalue weighted by atomic mass is 10.1. The molecule has 0 saturated heterocycles. The van der Waals surface area contributed by atoms with Gasteiger partial charge in [-0.3, -0.25) is 4.79 Å². The van der Waals surface area contributed by atoms with Crippen molar-refractivity contribution >= 4 is 17.8 Å². The number of hydrogen-bond acceptors (Lipinski definition) is 4. The van der Waals surface area contributed by atoms with Crippen LogP contribution in [-0.4, -0.2) is 26.0 Å². The number of amides is 1. The number of methoxy groups -OCH3 is 2. The van der Waals surface area contributed by atoms with Crippen molar-refractivity contribution in [1.82, 2.24) is 5.32 Å². The molecule has 1 aliphatic heterocycles. The fraction of sp³-hybridized carbons (Fsp3) is 0.200. The van der Waals surface area contributed by atoms with Crippen LogP contribution in [0.2, 0.25) is 0 Å². The van der Waals surface area contributed by atoms with E-state index in [0.717, 1.165) is 11.1 Å². The fourth-order valence-electron chi connectivity index (χ4n) is 2.68. The Morgan fingerprint density at radius 2 is 1.96 bits per heavy atom. The Morgan fingerprint density at radius 3 is 2.69 bits per heavy atom. The number of amidine groups is 1. The van der Waals surface area contributed by atoms with E-state index >= 15 is 0 Å². The maximum Gasteiger partial charge on any atom is 0.275 e. The molecule has 2 aromatic rings. The SMILES string of the molecule is COc1ccc(/C=C2/N=C(CCc3cccc(F)c3)NC2=O)c(OC)c1. The number of halogens is 1. The topological polar surface area (TPSA) is 59.9 Å². The lowest BCUT2D eigenvalue weighted by Gasteiger charge is -2.07. The van der Waals surface area contributed by atoms with Crippen LogP contribution in [0.15, 0.2) is 53.2 Å². The molecule has 134 valence electrons. The van der Waals surface area contributed by atoms with Crippen molar-refractivity contribution in [1.29, 1.82) is 0 Å². The van der Waals surface area contributed by atoms with Gasteiger partial charge in [0.25, 0.3) is 5.91 Å². The van der Waals surface area contributed by atoms with E-state index in [4.69, 9.17) is 9.47 Å².